The van der Waals surface area contributed by atoms with Crippen molar-refractivity contribution in [2.24, 2.45) is 5.92 Å². The zero-order valence-electron chi connectivity index (χ0n) is 15.8. The normalized spacial score (nSPS) is 21.6. The highest BCUT2D eigenvalue weighted by atomic mass is 15.1. The fourth-order valence-corrected chi connectivity index (χ4v) is 3.96. The summed E-state index contributed by atoms with van der Waals surface area (Å²) in [4.78, 5) is 16.5. The Bertz CT molecular complexity index is 1100. The van der Waals surface area contributed by atoms with Gasteiger partial charge in [-0.1, -0.05) is 11.8 Å². The van der Waals surface area contributed by atoms with Gasteiger partial charge in [0.1, 0.15) is 23.4 Å². The minimum absolute atomic E-state index is 0.467. The van der Waals surface area contributed by atoms with E-state index >= 15 is 0 Å². The second-order valence-corrected chi connectivity index (χ2v) is 7.42. The van der Waals surface area contributed by atoms with Crippen LogP contribution in [0.2, 0.25) is 0 Å². The molecule has 7 heteroatoms. The van der Waals surface area contributed by atoms with E-state index in [1.54, 1.807) is 0 Å². The molecule has 2 aromatic heterocycles. The molecule has 0 aromatic carbocycles. The molecule has 3 aliphatic rings. The molecule has 1 aliphatic carbocycles. The van der Waals surface area contributed by atoms with E-state index in [2.05, 4.69) is 54.0 Å². The summed E-state index contributed by atoms with van der Waals surface area (Å²) in [6.07, 6.45) is 10.8. The van der Waals surface area contributed by atoms with E-state index in [0.717, 1.165) is 66.4 Å². The predicted octanol–water partition coefficient (Wildman–Crippen LogP) is 1.80. The Labute approximate surface area is 163 Å². The molecule has 4 N–H and O–H groups in total. The number of nitrogens with two attached hydrogens (primary N) is 1. The molecular formula is C21H22N7+. The molecule has 7 nitrogen and oxygen atoms in total. The minimum atomic E-state index is 0.467. The summed E-state index contributed by atoms with van der Waals surface area (Å²) in [5, 5.41) is 3.39. The van der Waals surface area contributed by atoms with Crippen molar-refractivity contribution in [1.82, 2.24) is 25.3 Å². The first kappa shape index (κ1) is 16.9. The number of rotatable bonds is 1. The van der Waals surface area contributed by atoms with Gasteiger partial charge >= 0.3 is 5.82 Å². The molecule has 140 valence electrons. The highest BCUT2D eigenvalue weighted by Gasteiger charge is 2.30. The SMILES string of the molecule is Cc1nc2c([nH]1)CCC(C#CC1=C[N+](=CC3CCNC3)c3ncnc(N)c31)=C2. The fraction of sp³-hybridized carbons (Fsp3) is 0.333. The molecule has 28 heavy (non-hydrogen) atoms. The van der Waals surface area contributed by atoms with Gasteiger partial charge in [-0.15, -0.1) is 0 Å². The van der Waals surface area contributed by atoms with Crippen molar-refractivity contribution in [3.63, 3.8) is 0 Å². The van der Waals surface area contributed by atoms with Crippen LogP contribution in [0.1, 0.15) is 35.6 Å². The lowest BCUT2D eigenvalue weighted by Crippen LogP contribution is -2.13. The van der Waals surface area contributed by atoms with Gasteiger partial charge in [0.2, 0.25) is 6.33 Å². The Kier molecular flexibility index (Phi) is 4.06. The second kappa shape index (κ2) is 6.73. The van der Waals surface area contributed by atoms with Gasteiger partial charge in [0, 0.05) is 23.7 Å². The third-order valence-corrected chi connectivity index (χ3v) is 5.35. The number of aromatic amines is 1. The van der Waals surface area contributed by atoms with Gasteiger partial charge in [-0.3, -0.25) is 0 Å². The topological polar surface area (TPSA) is 95.5 Å². The summed E-state index contributed by atoms with van der Waals surface area (Å²) in [5.74, 6) is 9.33. The van der Waals surface area contributed by atoms with Crippen molar-refractivity contribution in [2.45, 2.75) is 26.2 Å². The van der Waals surface area contributed by atoms with Crippen LogP contribution in [0.3, 0.4) is 0 Å². The lowest BCUT2D eigenvalue weighted by molar-refractivity contribution is -0.357. The quantitative estimate of drug-likeness (QED) is 0.524. The first-order valence-corrected chi connectivity index (χ1v) is 9.62. The van der Waals surface area contributed by atoms with Crippen LogP contribution in [-0.4, -0.2) is 43.8 Å². The van der Waals surface area contributed by atoms with Gasteiger partial charge < -0.3 is 16.0 Å². The van der Waals surface area contributed by atoms with E-state index in [1.807, 2.05) is 13.1 Å². The summed E-state index contributed by atoms with van der Waals surface area (Å²) >= 11 is 0. The Morgan fingerprint density at radius 1 is 1.29 bits per heavy atom. The Morgan fingerprint density at radius 3 is 3.07 bits per heavy atom. The number of anilines is 1. The number of aryl methyl sites for hydroxylation is 2. The average Bonchev–Trinajstić information content (AvgIpc) is 3.39. The van der Waals surface area contributed by atoms with Crippen LogP contribution in [-0.2, 0) is 6.42 Å². The highest BCUT2D eigenvalue weighted by Crippen LogP contribution is 2.34. The van der Waals surface area contributed by atoms with Crippen LogP contribution in [0, 0.1) is 24.7 Å². The molecule has 0 spiro atoms. The van der Waals surface area contributed by atoms with Gasteiger partial charge in [0.25, 0.3) is 0 Å². The van der Waals surface area contributed by atoms with Gasteiger partial charge in [0.05, 0.1) is 17.5 Å². The monoisotopic (exact) mass is 372 g/mol. The number of aromatic nitrogens is 4. The van der Waals surface area contributed by atoms with Gasteiger partial charge in [-0.05, 0) is 43.8 Å². The maximum absolute atomic E-state index is 6.17. The summed E-state index contributed by atoms with van der Waals surface area (Å²) < 4.78 is 2.06. The standard InChI is InChI=1S/C21H22N7/c1-13-26-17-5-3-14(8-18(17)27-13)2-4-16-11-28(10-15-6-7-23-9-15)21-19(16)20(22)24-12-25-21/h8,10-12,15,23H,3,5-7,9H2,1H3,(H,26,27)(H2,22,24,25)/q+1. The number of nitrogens with zero attached hydrogens (tertiary/aromatic N) is 4. The molecule has 2 aromatic rings. The average molecular weight is 372 g/mol. The van der Waals surface area contributed by atoms with Crippen molar-refractivity contribution in [3.8, 4) is 11.8 Å². The van der Waals surface area contributed by atoms with Crippen molar-refractivity contribution < 1.29 is 4.58 Å². The Balaban J connectivity index is 1.50. The molecule has 1 unspecified atom stereocenters. The molecule has 2 aliphatic heterocycles. The van der Waals surface area contributed by atoms with E-state index in [-0.39, 0.29) is 0 Å². The minimum Gasteiger partial charge on any atom is -0.383 e. The van der Waals surface area contributed by atoms with Crippen LogP contribution in [0.5, 0.6) is 0 Å². The first-order chi connectivity index (χ1) is 13.7. The largest absolute Gasteiger partial charge is 0.383 e. The third-order valence-electron chi connectivity index (χ3n) is 5.35. The summed E-state index contributed by atoms with van der Waals surface area (Å²) in [6.45, 7) is 4.01. The summed E-state index contributed by atoms with van der Waals surface area (Å²) in [6, 6.07) is 0. The van der Waals surface area contributed by atoms with Gasteiger partial charge in [-0.25, -0.2) is 9.56 Å². The lowest BCUT2D eigenvalue weighted by atomic mass is 10.00. The number of nitrogen functional groups attached to an aromatic ring is 1. The van der Waals surface area contributed by atoms with Crippen LogP contribution in [0.4, 0.5) is 11.6 Å². The molecule has 0 radical (unpaired) electrons. The molecule has 5 rings (SSSR count). The molecule has 1 saturated heterocycles. The maximum atomic E-state index is 6.17. The van der Waals surface area contributed by atoms with Crippen molar-refractivity contribution in [3.05, 3.63) is 40.9 Å². The summed E-state index contributed by atoms with van der Waals surface area (Å²) in [7, 11) is 0. The third kappa shape index (κ3) is 3.02. The summed E-state index contributed by atoms with van der Waals surface area (Å²) in [5.41, 5.74) is 11.1. The fourth-order valence-electron chi connectivity index (χ4n) is 3.96. The van der Waals surface area contributed by atoms with Crippen LogP contribution < -0.4 is 11.1 Å². The van der Waals surface area contributed by atoms with Gasteiger partial charge in [-0.2, -0.15) is 4.98 Å². The predicted molar refractivity (Wildman–Crippen MR) is 109 cm³/mol. The smallest absolute Gasteiger partial charge is 0.341 e. The molecule has 1 atom stereocenters. The number of hydrogen-bond acceptors (Lipinski definition) is 5. The van der Waals surface area contributed by atoms with Crippen molar-refractivity contribution in [2.75, 3.05) is 18.8 Å². The molecular weight excluding hydrogens is 350 g/mol. The van der Waals surface area contributed by atoms with E-state index in [1.165, 1.54) is 12.0 Å². The number of H-pyrrole nitrogens is 1. The van der Waals surface area contributed by atoms with E-state index in [4.69, 9.17) is 5.73 Å². The Hall–Kier alpha value is -3.24. The number of hydrogen-bond donors (Lipinski definition) is 3. The second-order valence-electron chi connectivity index (χ2n) is 7.42. The highest BCUT2D eigenvalue weighted by molar-refractivity contribution is 5.90. The first-order valence-electron chi connectivity index (χ1n) is 9.62. The maximum Gasteiger partial charge on any atom is 0.341 e. The molecule has 0 amide bonds. The lowest BCUT2D eigenvalue weighted by Gasteiger charge is -2.06. The van der Waals surface area contributed by atoms with Crippen LogP contribution in [0.15, 0.2) is 18.1 Å². The van der Waals surface area contributed by atoms with Crippen LogP contribution >= 0.6 is 0 Å². The number of fused-ring (bicyclic) bond motifs is 2. The zero-order valence-corrected chi connectivity index (χ0v) is 15.8. The van der Waals surface area contributed by atoms with E-state index < -0.39 is 0 Å². The molecule has 1 fully saturated rings. The van der Waals surface area contributed by atoms with Crippen molar-refractivity contribution >= 4 is 29.5 Å². The number of imidazole rings is 1. The van der Waals surface area contributed by atoms with Crippen molar-refractivity contribution in [1.29, 1.82) is 0 Å². The number of nitrogens with one attached hydrogen (secondary N) is 2. The molecule has 0 bridgehead atoms. The molecule has 4 heterocycles. The molecule has 0 saturated carbocycles. The number of allylic oxidation sites excluding steroid dienone is 2. The zero-order chi connectivity index (χ0) is 19.1. The van der Waals surface area contributed by atoms with E-state index in [9.17, 15) is 0 Å². The van der Waals surface area contributed by atoms with Gasteiger partial charge in [0.15, 0.2) is 0 Å². The Morgan fingerprint density at radius 2 is 2.21 bits per heavy atom. The van der Waals surface area contributed by atoms with Crippen LogP contribution in [0.25, 0.3) is 11.6 Å². The van der Waals surface area contributed by atoms with E-state index in [0.29, 0.717) is 11.7 Å².